The van der Waals surface area contributed by atoms with Crippen LogP contribution in [0.5, 0.6) is 0 Å². The first kappa shape index (κ1) is 16.1. The minimum Gasteiger partial charge on any atom is -0.374 e. The maximum absolute atomic E-state index is 12.4. The molecule has 1 atom stereocenters. The zero-order valence-corrected chi connectivity index (χ0v) is 13.5. The average Bonchev–Trinajstić information content (AvgIpc) is 2.55. The number of hydrogen-bond donors (Lipinski definition) is 1. The number of benzene rings is 2. The normalized spacial score (nSPS) is 11.8. The van der Waals surface area contributed by atoms with Gasteiger partial charge in [0.05, 0.1) is 0 Å². The van der Waals surface area contributed by atoms with Gasteiger partial charge in [-0.2, -0.15) is 0 Å². The van der Waals surface area contributed by atoms with Crippen LogP contribution in [-0.4, -0.2) is 23.9 Å². The van der Waals surface area contributed by atoms with Crippen molar-refractivity contribution in [1.82, 2.24) is 4.90 Å². The smallest absolute Gasteiger partial charge is 0.244 e. The fraction of sp³-hybridized carbons (Fsp3) is 0.316. The van der Waals surface area contributed by atoms with E-state index in [9.17, 15) is 4.79 Å². The van der Waals surface area contributed by atoms with Gasteiger partial charge < -0.3 is 10.2 Å². The van der Waals surface area contributed by atoms with Crippen LogP contribution in [0, 0.1) is 0 Å². The van der Waals surface area contributed by atoms with Crippen molar-refractivity contribution >= 4 is 11.6 Å². The fourth-order valence-electron chi connectivity index (χ4n) is 2.41. The van der Waals surface area contributed by atoms with Gasteiger partial charge >= 0.3 is 0 Å². The number of aryl methyl sites for hydroxylation is 1. The molecule has 22 heavy (non-hydrogen) atoms. The maximum Gasteiger partial charge on any atom is 0.244 e. The summed E-state index contributed by atoms with van der Waals surface area (Å²) in [6.07, 6.45) is 1.02. The highest BCUT2D eigenvalue weighted by Gasteiger charge is 2.17. The number of carbonyl (C=O) groups excluding carboxylic acids is 1. The highest BCUT2D eigenvalue weighted by Crippen LogP contribution is 2.12. The van der Waals surface area contributed by atoms with Crippen molar-refractivity contribution in [1.29, 1.82) is 0 Å². The summed E-state index contributed by atoms with van der Waals surface area (Å²) in [5.74, 6) is 0.0865. The van der Waals surface area contributed by atoms with E-state index >= 15 is 0 Å². The summed E-state index contributed by atoms with van der Waals surface area (Å²) >= 11 is 0. The molecule has 0 aromatic heterocycles. The second-order valence-electron chi connectivity index (χ2n) is 5.60. The van der Waals surface area contributed by atoms with Crippen molar-refractivity contribution in [3.8, 4) is 0 Å². The van der Waals surface area contributed by atoms with E-state index in [0.717, 1.165) is 17.7 Å². The lowest BCUT2D eigenvalue weighted by Crippen LogP contribution is -2.38. The first-order valence-corrected chi connectivity index (χ1v) is 7.74. The van der Waals surface area contributed by atoms with Crippen LogP contribution in [0.25, 0.3) is 0 Å². The molecule has 116 valence electrons. The van der Waals surface area contributed by atoms with Crippen molar-refractivity contribution in [2.45, 2.75) is 32.9 Å². The molecule has 0 aliphatic carbocycles. The summed E-state index contributed by atoms with van der Waals surface area (Å²) in [6.45, 7) is 4.66. The number of nitrogens with one attached hydrogen (secondary N) is 1. The summed E-state index contributed by atoms with van der Waals surface area (Å²) < 4.78 is 0. The Bertz CT molecular complexity index is 593. The Morgan fingerprint density at radius 3 is 2.27 bits per heavy atom. The van der Waals surface area contributed by atoms with Gasteiger partial charge in [-0.05, 0) is 36.6 Å². The Morgan fingerprint density at radius 2 is 1.68 bits per heavy atom. The number of rotatable bonds is 6. The first-order chi connectivity index (χ1) is 10.6. The summed E-state index contributed by atoms with van der Waals surface area (Å²) in [5.41, 5.74) is 3.41. The van der Waals surface area contributed by atoms with Crippen LogP contribution in [0.2, 0.25) is 0 Å². The van der Waals surface area contributed by atoms with E-state index in [0.29, 0.717) is 6.54 Å². The highest BCUT2D eigenvalue weighted by atomic mass is 16.2. The summed E-state index contributed by atoms with van der Waals surface area (Å²) in [6, 6.07) is 18.0. The van der Waals surface area contributed by atoms with Gasteiger partial charge in [0.1, 0.15) is 6.04 Å². The molecule has 0 saturated carbocycles. The summed E-state index contributed by atoms with van der Waals surface area (Å²) in [5, 5.41) is 3.27. The zero-order valence-electron chi connectivity index (χ0n) is 13.5. The SMILES string of the molecule is CCc1ccc(N[C@@H](C)C(=O)N(C)Cc2ccccc2)cc1. The Labute approximate surface area is 133 Å². The van der Waals surface area contributed by atoms with E-state index in [4.69, 9.17) is 0 Å². The highest BCUT2D eigenvalue weighted by molar-refractivity contribution is 5.84. The lowest BCUT2D eigenvalue weighted by Gasteiger charge is -2.23. The van der Waals surface area contributed by atoms with Crippen molar-refractivity contribution < 1.29 is 4.79 Å². The summed E-state index contributed by atoms with van der Waals surface area (Å²) in [7, 11) is 1.84. The molecule has 2 rings (SSSR count). The van der Waals surface area contributed by atoms with Crippen molar-refractivity contribution in [3.63, 3.8) is 0 Å². The van der Waals surface area contributed by atoms with Gasteiger partial charge in [0.25, 0.3) is 0 Å². The van der Waals surface area contributed by atoms with Crippen LogP contribution in [0.1, 0.15) is 25.0 Å². The van der Waals surface area contributed by atoms with Gasteiger partial charge in [0.2, 0.25) is 5.91 Å². The Hall–Kier alpha value is -2.29. The predicted octanol–water partition coefficient (Wildman–Crippen LogP) is 3.71. The minimum absolute atomic E-state index is 0.0865. The molecule has 1 N–H and O–H groups in total. The molecule has 2 aromatic rings. The molecule has 0 bridgehead atoms. The monoisotopic (exact) mass is 296 g/mol. The fourth-order valence-corrected chi connectivity index (χ4v) is 2.41. The number of carbonyl (C=O) groups is 1. The molecule has 0 heterocycles. The zero-order chi connectivity index (χ0) is 15.9. The third-order valence-electron chi connectivity index (χ3n) is 3.75. The third kappa shape index (κ3) is 4.35. The molecule has 0 unspecified atom stereocenters. The van der Waals surface area contributed by atoms with Crippen LogP contribution in [0.4, 0.5) is 5.69 Å². The van der Waals surface area contributed by atoms with Crippen LogP contribution >= 0.6 is 0 Å². The van der Waals surface area contributed by atoms with Gasteiger partial charge in [-0.25, -0.2) is 0 Å². The van der Waals surface area contributed by atoms with Crippen LogP contribution in [0.15, 0.2) is 54.6 Å². The third-order valence-corrected chi connectivity index (χ3v) is 3.75. The molecular weight excluding hydrogens is 272 g/mol. The van der Waals surface area contributed by atoms with Crippen molar-refractivity contribution in [2.24, 2.45) is 0 Å². The lowest BCUT2D eigenvalue weighted by atomic mass is 10.1. The number of nitrogens with zero attached hydrogens (tertiary/aromatic N) is 1. The molecule has 3 heteroatoms. The molecule has 0 radical (unpaired) electrons. The molecule has 1 amide bonds. The van der Waals surface area contributed by atoms with Gasteiger partial charge in [-0.15, -0.1) is 0 Å². The van der Waals surface area contributed by atoms with E-state index in [1.807, 2.05) is 56.4 Å². The number of hydrogen-bond acceptors (Lipinski definition) is 2. The molecule has 3 nitrogen and oxygen atoms in total. The molecule has 0 spiro atoms. The van der Waals surface area contributed by atoms with E-state index < -0.39 is 0 Å². The van der Waals surface area contributed by atoms with E-state index in [-0.39, 0.29) is 11.9 Å². The van der Waals surface area contributed by atoms with Crippen LogP contribution in [0.3, 0.4) is 0 Å². The second-order valence-corrected chi connectivity index (χ2v) is 5.60. The standard InChI is InChI=1S/C19H24N2O/c1-4-16-10-12-18(13-11-16)20-15(2)19(22)21(3)14-17-8-6-5-7-9-17/h5-13,15,20H,4,14H2,1-3H3/t15-/m0/s1. The lowest BCUT2D eigenvalue weighted by molar-refractivity contribution is -0.130. The van der Waals surface area contributed by atoms with Gasteiger partial charge in [0, 0.05) is 19.3 Å². The number of likely N-dealkylation sites (N-methyl/N-ethyl adjacent to an activating group) is 1. The van der Waals surface area contributed by atoms with Gasteiger partial charge in [0.15, 0.2) is 0 Å². The summed E-state index contributed by atoms with van der Waals surface area (Å²) in [4.78, 5) is 14.2. The van der Waals surface area contributed by atoms with E-state index in [2.05, 4.69) is 24.4 Å². The topological polar surface area (TPSA) is 32.3 Å². The van der Waals surface area contributed by atoms with Crippen LogP contribution < -0.4 is 5.32 Å². The van der Waals surface area contributed by atoms with Crippen molar-refractivity contribution in [2.75, 3.05) is 12.4 Å². The molecule has 0 fully saturated rings. The molecule has 0 saturated heterocycles. The number of anilines is 1. The average molecular weight is 296 g/mol. The van der Waals surface area contributed by atoms with Crippen LogP contribution in [-0.2, 0) is 17.8 Å². The number of amides is 1. The quantitative estimate of drug-likeness (QED) is 0.881. The van der Waals surface area contributed by atoms with Gasteiger partial charge in [-0.3, -0.25) is 4.79 Å². The Balaban J connectivity index is 1.93. The second kappa shape index (κ2) is 7.64. The molecule has 0 aliphatic heterocycles. The largest absolute Gasteiger partial charge is 0.374 e. The van der Waals surface area contributed by atoms with E-state index in [1.54, 1.807) is 4.90 Å². The molecule has 2 aromatic carbocycles. The van der Waals surface area contributed by atoms with E-state index in [1.165, 1.54) is 5.56 Å². The van der Waals surface area contributed by atoms with Gasteiger partial charge in [-0.1, -0.05) is 49.4 Å². The predicted molar refractivity (Wildman–Crippen MR) is 91.8 cm³/mol. The van der Waals surface area contributed by atoms with Crippen molar-refractivity contribution in [3.05, 3.63) is 65.7 Å². The molecule has 0 aliphatic rings. The first-order valence-electron chi connectivity index (χ1n) is 7.74. The Morgan fingerprint density at radius 1 is 1.05 bits per heavy atom. The Kier molecular flexibility index (Phi) is 5.59. The maximum atomic E-state index is 12.4. The molecular formula is C19H24N2O. The minimum atomic E-state index is -0.249.